The Bertz CT molecular complexity index is 1770. The van der Waals surface area contributed by atoms with E-state index in [0.29, 0.717) is 25.7 Å². The van der Waals surface area contributed by atoms with Crippen LogP contribution in [0.3, 0.4) is 0 Å². The third-order valence-electron chi connectivity index (χ3n) is 17.1. The number of hydrogen-bond donors (Lipinski definition) is 3. The second-order valence-electron chi connectivity index (χ2n) is 26.7. The van der Waals surface area contributed by atoms with Crippen LogP contribution in [-0.2, 0) is 65.4 Å². The molecule has 0 aromatic rings. The van der Waals surface area contributed by atoms with E-state index in [-0.39, 0.29) is 25.7 Å². The molecule has 19 heteroatoms. The van der Waals surface area contributed by atoms with Crippen LogP contribution in [0.25, 0.3) is 0 Å². The predicted octanol–water partition coefficient (Wildman–Crippen LogP) is 20.8. The first-order valence-electron chi connectivity index (χ1n) is 37.5. The van der Waals surface area contributed by atoms with E-state index in [0.717, 1.165) is 108 Å². The molecule has 0 fully saturated rings. The van der Waals surface area contributed by atoms with Crippen LogP contribution in [0.15, 0.2) is 0 Å². The summed E-state index contributed by atoms with van der Waals surface area (Å²) < 4.78 is 68.2. The zero-order valence-corrected chi connectivity index (χ0v) is 60.9. The Labute approximate surface area is 556 Å². The fourth-order valence-corrected chi connectivity index (χ4v) is 12.5. The van der Waals surface area contributed by atoms with Crippen molar-refractivity contribution in [2.24, 2.45) is 11.8 Å². The molecule has 0 aromatic carbocycles. The van der Waals surface area contributed by atoms with E-state index in [4.69, 9.17) is 37.0 Å². The van der Waals surface area contributed by atoms with Gasteiger partial charge in [0.2, 0.25) is 0 Å². The first kappa shape index (κ1) is 89.1. The molecule has 0 saturated carbocycles. The standard InChI is InChI=1S/C72H140O17P2/c1-7-10-12-14-15-16-17-27-33-38-44-50-56-71(76)88-67(60-82-69(74)54-48-40-13-11-8-2)62-86-90(78,79)84-58-66(73)59-85-91(80,81)87-63-68(61-83-70(75)55-49-43-37-32-28-24-20-21-25-30-35-41-46-52-64(4)5)89-72(77)57-51-45-39-34-29-23-19-18-22-26-31-36-42-47-53-65(6)9-3/h64-68,73H,7-63H2,1-6H3,(H,78,79)(H,80,81)/t65?,66-,67+,68+/m0/s1. The van der Waals surface area contributed by atoms with Gasteiger partial charge < -0.3 is 33.8 Å². The minimum atomic E-state index is -4.95. The first-order chi connectivity index (χ1) is 43.9. The van der Waals surface area contributed by atoms with E-state index < -0.39 is 97.5 Å². The van der Waals surface area contributed by atoms with Crippen molar-refractivity contribution in [3.63, 3.8) is 0 Å². The van der Waals surface area contributed by atoms with Gasteiger partial charge in [-0.15, -0.1) is 0 Å². The number of unbranched alkanes of at least 4 members (excludes halogenated alkanes) is 40. The number of aliphatic hydroxyl groups excluding tert-OH is 1. The number of esters is 4. The quantitative estimate of drug-likeness (QED) is 0.0222. The summed E-state index contributed by atoms with van der Waals surface area (Å²) in [6, 6.07) is 0. The molecule has 0 amide bonds. The molecule has 0 aliphatic heterocycles. The molecular formula is C72H140O17P2. The van der Waals surface area contributed by atoms with E-state index in [1.54, 1.807) is 0 Å². The fraction of sp³-hybridized carbons (Fsp3) is 0.944. The minimum Gasteiger partial charge on any atom is -0.462 e. The monoisotopic (exact) mass is 1340 g/mol. The normalized spacial score (nSPS) is 14.4. The van der Waals surface area contributed by atoms with Crippen LogP contribution in [0, 0.1) is 11.8 Å². The highest BCUT2D eigenvalue weighted by molar-refractivity contribution is 7.47. The van der Waals surface area contributed by atoms with Gasteiger partial charge in [0.25, 0.3) is 0 Å². The summed E-state index contributed by atoms with van der Waals surface area (Å²) in [5.74, 6) is -0.494. The van der Waals surface area contributed by atoms with E-state index in [1.165, 1.54) is 180 Å². The van der Waals surface area contributed by atoms with Crippen molar-refractivity contribution in [3.8, 4) is 0 Å². The lowest BCUT2D eigenvalue weighted by atomic mass is 9.99. The third kappa shape index (κ3) is 65.1. The van der Waals surface area contributed by atoms with Crippen molar-refractivity contribution in [2.75, 3.05) is 39.6 Å². The molecule has 0 bridgehead atoms. The van der Waals surface area contributed by atoms with E-state index >= 15 is 0 Å². The number of carbonyl (C=O) groups is 4. The topological polar surface area (TPSA) is 237 Å². The Morgan fingerprint density at radius 2 is 0.560 bits per heavy atom. The van der Waals surface area contributed by atoms with Crippen molar-refractivity contribution in [2.45, 2.75) is 387 Å². The van der Waals surface area contributed by atoms with Crippen molar-refractivity contribution >= 4 is 39.5 Å². The molecule has 0 aromatic heterocycles. The SMILES string of the molecule is CCCCCCCCCCCCCCC(=O)O[C@H](COC(=O)CCCCCCC)COP(=O)(O)OC[C@H](O)COP(=O)(O)OC[C@@H](COC(=O)CCCCCCCCCCCCCCCC(C)C)OC(=O)CCCCCCCCCCCCCCCCC(C)CC. The zero-order valence-electron chi connectivity index (χ0n) is 59.1. The molecule has 3 unspecified atom stereocenters. The Balaban J connectivity index is 5.16. The van der Waals surface area contributed by atoms with Gasteiger partial charge in [0, 0.05) is 25.7 Å². The first-order valence-corrected chi connectivity index (χ1v) is 40.5. The van der Waals surface area contributed by atoms with Gasteiger partial charge in [0.05, 0.1) is 26.4 Å². The lowest BCUT2D eigenvalue weighted by Crippen LogP contribution is -2.30. The highest BCUT2D eigenvalue weighted by Crippen LogP contribution is 2.45. The molecule has 0 aliphatic rings. The van der Waals surface area contributed by atoms with Gasteiger partial charge in [-0.05, 0) is 37.5 Å². The number of rotatable bonds is 71. The number of phosphoric ester groups is 2. The average molecular weight is 1340 g/mol. The summed E-state index contributed by atoms with van der Waals surface area (Å²) in [6.07, 6.45) is 50.2. The van der Waals surface area contributed by atoms with E-state index in [2.05, 4.69) is 41.5 Å². The molecule has 0 rings (SSSR count). The molecule has 6 atom stereocenters. The third-order valence-corrected chi connectivity index (χ3v) is 19.0. The van der Waals surface area contributed by atoms with Crippen LogP contribution in [-0.4, -0.2) is 96.7 Å². The lowest BCUT2D eigenvalue weighted by Gasteiger charge is -2.21. The highest BCUT2D eigenvalue weighted by Gasteiger charge is 2.30. The number of carbonyl (C=O) groups excluding carboxylic acids is 4. The maximum absolute atomic E-state index is 13.0. The molecule has 3 N–H and O–H groups in total. The van der Waals surface area contributed by atoms with Crippen molar-refractivity contribution < 1.29 is 80.2 Å². The molecule has 0 spiro atoms. The van der Waals surface area contributed by atoms with Gasteiger partial charge in [-0.1, -0.05) is 318 Å². The van der Waals surface area contributed by atoms with E-state index in [1.807, 2.05) is 0 Å². The summed E-state index contributed by atoms with van der Waals surface area (Å²) >= 11 is 0. The predicted molar refractivity (Wildman–Crippen MR) is 368 cm³/mol. The molecule has 17 nitrogen and oxygen atoms in total. The van der Waals surface area contributed by atoms with Gasteiger partial charge in [-0.2, -0.15) is 0 Å². The molecule has 0 heterocycles. The molecule has 0 aliphatic carbocycles. The summed E-state index contributed by atoms with van der Waals surface area (Å²) in [5.41, 5.74) is 0. The summed E-state index contributed by atoms with van der Waals surface area (Å²) in [4.78, 5) is 72.4. The van der Waals surface area contributed by atoms with Crippen molar-refractivity contribution in [3.05, 3.63) is 0 Å². The molecular weight excluding hydrogens is 1200 g/mol. The Morgan fingerprint density at radius 1 is 0.319 bits per heavy atom. The zero-order chi connectivity index (χ0) is 67.2. The van der Waals surface area contributed by atoms with Crippen LogP contribution in [0.1, 0.15) is 369 Å². The second-order valence-corrected chi connectivity index (χ2v) is 29.6. The Kier molecular flexibility index (Phi) is 62.7. The van der Waals surface area contributed by atoms with Crippen LogP contribution >= 0.6 is 15.6 Å². The Hall–Kier alpha value is -1.94. The number of hydrogen-bond acceptors (Lipinski definition) is 15. The van der Waals surface area contributed by atoms with Gasteiger partial charge in [-0.25, -0.2) is 9.13 Å². The van der Waals surface area contributed by atoms with Crippen molar-refractivity contribution in [1.82, 2.24) is 0 Å². The van der Waals surface area contributed by atoms with Crippen LogP contribution in [0.5, 0.6) is 0 Å². The number of aliphatic hydroxyl groups is 1. The fourth-order valence-electron chi connectivity index (χ4n) is 10.9. The van der Waals surface area contributed by atoms with Gasteiger partial charge in [-0.3, -0.25) is 37.3 Å². The smallest absolute Gasteiger partial charge is 0.462 e. The van der Waals surface area contributed by atoms with Gasteiger partial charge in [0.15, 0.2) is 12.2 Å². The number of phosphoric acid groups is 2. The minimum absolute atomic E-state index is 0.106. The highest BCUT2D eigenvalue weighted by atomic mass is 31.2. The summed E-state index contributed by atoms with van der Waals surface area (Å²) in [5, 5.41) is 10.6. The van der Waals surface area contributed by atoms with Crippen LogP contribution < -0.4 is 0 Å². The van der Waals surface area contributed by atoms with Crippen molar-refractivity contribution in [1.29, 1.82) is 0 Å². The average Bonchev–Trinajstić information content (AvgIpc) is 3.56. The largest absolute Gasteiger partial charge is 0.472 e. The van der Waals surface area contributed by atoms with E-state index in [9.17, 15) is 43.2 Å². The molecule has 540 valence electrons. The van der Waals surface area contributed by atoms with Crippen LogP contribution in [0.2, 0.25) is 0 Å². The summed E-state index contributed by atoms with van der Waals surface area (Å²) in [6.45, 7) is 9.55. The summed E-state index contributed by atoms with van der Waals surface area (Å²) in [7, 11) is -9.89. The van der Waals surface area contributed by atoms with Gasteiger partial charge >= 0.3 is 39.5 Å². The molecule has 0 saturated heterocycles. The second kappa shape index (κ2) is 64.1. The number of ether oxygens (including phenoxy) is 4. The maximum atomic E-state index is 13.0. The molecule has 91 heavy (non-hydrogen) atoms. The Morgan fingerprint density at radius 3 is 0.835 bits per heavy atom. The lowest BCUT2D eigenvalue weighted by molar-refractivity contribution is -0.161. The van der Waals surface area contributed by atoms with Crippen LogP contribution in [0.4, 0.5) is 0 Å². The molecule has 0 radical (unpaired) electrons. The maximum Gasteiger partial charge on any atom is 0.472 e. The van der Waals surface area contributed by atoms with Gasteiger partial charge in [0.1, 0.15) is 19.3 Å².